The molecule has 0 aliphatic carbocycles. The van der Waals surface area contributed by atoms with Gasteiger partial charge in [-0.25, -0.2) is 0 Å². The Balaban J connectivity index is 2.04. The Kier molecular flexibility index (Phi) is 7.87. The van der Waals surface area contributed by atoms with Crippen molar-refractivity contribution in [1.82, 2.24) is 15.5 Å². The van der Waals surface area contributed by atoms with E-state index in [4.69, 9.17) is 0 Å². The Morgan fingerprint density at radius 2 is 2.16 bits per heavy atom. The van der Waals surface area contributed by atoms with Crippen molar-refractivity contribution in [3.8, 4) is 0 Å². The molecule has 0 amide bonds. The molecule has 0 aromatic carbocycles. The van der Waals surface area contributed by atoms with Crippen molar-refractivity contribution in [3.05, 3.63) is 0 Å². The number of nitrogens with zero attached hydrogens (tertiary/aromatic N) is 2. The molecule has 1 atom stereocenters. The van der Waals surface area contributed by atoms with E-state index in [1.165, 1.54) is 45.3 Å². The van der Waals surface area contributed by atoms with Gasteiger partial charge in [0.15, 0.2) is 5.96 Å². The number of guanidine groups is 1. The Morgan fingerprint density at radius 1 is 1.37 bits per heavy atom. The molecule has 0 radical (unpaired) electrons. The molecule has 1 saturated heterocycles. The van der Waals surface area contributed by atoms with Gasteiger partial charge in [0.05, 0.1) is 0 Å². The number of aliphatic imine (C=N–C) groups is 1. The number of nitrogens with one attached hydrogen (secondary N) is 2. The maximum Gasteiger partial charge on any atom is 0.191 e. The van der Waals surface area contributed by atoms with E-state index in [-0.39, 0.29) is 0 Å². The largest absolute Gasteiger partial charge is 0.356 e. The smallest absolute Gasteiger partial charge is 0.191 e. The van der Waals surface area contributed by atoms with Crippen LogP contribution < -0.4 is 10.6 Å². The normalized spacial score (nSPS) is 21.7. The molecule has 1 rings (SSSR count). The number of piperidine rings is 1. The Hall–Kier alpha value is -0.770. The van der Waals surface area contributed by atoms with Gasteiger partial charge in [-0.1, -0.05) is 6.92 Å². The molecule has 0 aromatic heterocycles. The predicted octanol–water partition coefficient (Wildman–Crippen LogP) is 2.07. The monoisotopic (exact) mass is 268 g/mol. The number of unbranched alkanes of at least 4 members (excludes halogenated alkanes) is 1. The van der Waals surface area contributed by atoms with Crippen molar-refractivity contribution >= 4 is 5.96 Å². The maximum absolute atomic E-state index is 4.21. The lowest BCUT2D eigenvalue weighted by Gasteiger charge is -2.30. The van der Waals surface area contributed by atoms with Crippen LogP contribution in [0.1, 0.15) is 46.5 Å². The molecule has 4 heteroatoms. The van der Waals surface area contributed by atoms with Crippen LogP contribution in [-0.2, 0) is 0 Å². The molecule has 112 valence electrons. The second kappa shape index (κ2) is 9.18. The maximum atomic E-state index is 4.21. The van der Waals surface area contributed by atoms with Gasteiger partial charge in [0.1, 0.15) is 0 Å². The van der Waals surface area contributed by atoms with E-state index >= 15 is 0 Å². The quantitative estimate of drug-likeness (QED) is 0.440. The van der Waals surface area contributed by atoms with Crippen LogP contribution in [0.3, 0.4) is 0 Å². The van der Waals surface area contributed by atoms with Crippen molar-refractivity contribution in [2.45, 2.75) is 52.5 Å². The highest BCUT2D eigenvalue weighted by Gasteiger charge is 2.15. The first-order chi connectivity index (χ1) is 9.11. The fourth-order valence-corrected chi connectivity index (χ4v) is 2.63. The van der Waals surface area contributed by atoms with Crippen molar-refractivity contribution in [2.75, 3.05) is 33.2 Å². The molecule has 4 nitrogen and oxygen atoms in total. The van der Waals surface area contributed by atoms with Gasteiger partial charge in [-0.3, -0.25) is 4.99 Å². The molecule has 1 unspecified atom stereocenters. The van der Waals surface area contributed by atoms with Crippen LogP contribution in [0.25, 0.3) is 0 Å². The van der Waals surface area contributed by atoms with Gasteiger partial charge in [0.25, 0.3) is 0 Å². The third-order valence-corrected chi connectivity index (χ3v) is 3.58. The zero-order valence-electron chi connectivity index (χ0n) is 13.2. The highest BCUT2D eigenvalue weighted by atomic mass is 15.2. The molecule has 1 heterocycles. The van der Waals surface area contributed by atoms with Gasteiger partial charge in [-0.05, 0) is 58.5 Å². The summed E-state index contributed by atoms with van der Waals surface area (Å²) < 4.78 is 0. The topological polar surface area (TPSA) is 39.7 Å². The van der Waals surface area contributed by atoms with E-state index < -0.39 is 0 Å². The second-order valence-corrected chi connectivity index (χ2v) is 6.05. The summed E-state index contributed by atoms with van der Waals surface area (Å²) >= 11 is 0. The van der Waals surface area contributed by atoms with Crippen LogP contribution in [0.2, 0.25) is 0 Å². The number of rotatable bonds is 6. The van der Waals surface area contributed by atoms with Gasteiger partial charge in [-0.15, -0.1) is 0 Å². The minimum absolute atomic E-state index is 0.432. The van der Waals surface area contributed by atoms with Gasteiger partial charge in [0.2, 0.25) is 0 Å². The first kappa shape index (κ1) is 16.3. The van der Waals surface area contributed by atoms with Gasteiger partial charge >= 0.3 is 0 Å². The zero-order valence-corrected chi connectivity index (χ0v) is 13.2. The molecule has 0 saturated carbocycles. The summed E-state index contributed by atoms with van der Waals surface area (Å²) in [6.45, 7) is 11.5. The van der Waals surface area contributed by atoms with E-state index in [9.17, 15) is 0 Å². The van der Waals surface area contributed by atoms with Crippen LogP contribution >= 0.6 is 0 Å². The molecule has 0 bridgehead atoms. The second-order valence-electron chi connectivity index (χ2n) is 6.05. The molecule has 1 fully saturated rings. The fourth-order valence-electron chi connectivity index (χ4n) is 2.63. The van der Waals surface area contributed by atoms with Gasteiger partial charge < -0.3 is 15.5 Å². The molecule has 1 aliphatic rings. The Bertz CT molecular complexity index is 263. The average molecular weight is 268 g/mol. The lowest BCUT2D eigenvalue weighted by molar-refractivity contribution is 0.181. The summed E-state index contributed by atoms with van der Waals surface area (Å²) in [5.41, 5.74) is 0. The molecule has 1 aliphatic heterocycles. The van der Waals surface area contributed by atoms with E-state index in [1.54, 1.807) is 0 Å². The summed E-state index contributed by atoms with van der Waals surface area (Å²) in [6.07, 6.45) is 5.28. The first-order valence-electron chi connectivity index (χ1n) is 7.81. The van der Waals surface area contributed by atoms with Gasteiger partial charge in [0, 0.05) is 26.2 Å². The average Bonchev–Trinajstić information content (AvgIpc) is 2.36. The molecule has 2 N–H and O–H groups in total. The Labute approximate surface area is 119 Å². The van der Waals surface area contributed by atoms with Crippen LogP contribution in [0.4, 0.5) is 0 Å². The summed E-state index contributed by atoms with van der Waals surface area (Å²) in [5.74, 6) is 1.81. The lowest BCUT2D eigenvalue weighted by Crippen LogP contribution is -2.41. The number of hydrogen-bond acceptors (Lipinski definition) is 2. The summed E-state index contributed by atoms with van der Waals surface area (Å²) in [6, 6.07) is 0.432. The molecule has 19 heavy (non-hydrogen) atoms. The molecular weight excluding hydrogens is 236 g/mol. The van der Waals surface area contributed by atoms with Crippen LogP contribution in [-0.4, -0.2) is 50.1 Å². The van der Waals surface area contributed by atoms with Crippen LogP contribution in [0, 0.1) is 5.92 Å². The highest BCUT2D eigenvalue weighted by Crippen LogP contribution is 2.15. The minimum Gasteiger partial charge on any atom is -0.356 e. The SMILES string of the molecule is CN=C(NCCCCN1CCCC(C)C1)NC(C)C. The van der Waals surface area contributed by atoms with Gasteiger partial charge in [-0.2, -0.15) is 0 Å². The van der Waals surface area contributed by atoms with Crippen molar-refractivity contribution in [1.29, 1.82) is 0 Å². The van der Waals surface area contributed by atoms with Crippen LogP contribution in [0.15, 0.2) is 4.99 Å². The number of hydrogen-bond donors (Lipinski definition) is 2. The third-order valence-electron chi connectivity index (χ3n) is 3.58. The molecular formula is C15H32N4. The standard InChI is InChI=1S/C15H32N4/c1-13(2)18-15(16-4)17-9-5-6-10-19-11-7-8-14(3)12-19/h13-14H,5-12H2,1-4H3,(H2,16,17,18). The van der Waals surface area contributed by atoms with E-state index in [1.807, 2.05) is 7.05 Å². The number of likely N-dealkylation sites (tertiary alicyclic amines) is 1. The first-order valence-corrected chi connectivity index (χ1v) is 7.81. The van der Waals surface area contributed by atoms with Crippen LogP contribution in [0.5, 0.6) is 0 Å². The Morgan fingerprint density at radius 3 is 2.79 bits per heavy atom. The summed E-state index contributed by atoms with van der Waals surface area (Å²) in [7, 11) is 1.83. The van der Waals surface area contributed by atoms with Crippen molar-refractivity contribution in [2.24, 2.45) is 10.9 Å². The van der Waals surface area contributed by atoms with Crippen molar-refractivity contribution < 1.29 is 0 Å². The van der Waals surface area contributed by atoms with E-state index in [0.29, 0.717) is 6.04 Å². The van der Waals surface area contributed by atoms with Crippen molar-refractivity contribution in [3.63, 3.8) is 0 Å². The summed E-state index contributed by atoms with van der Waals surface area (Å²) in [4.78, 5) is 6.83. The molecule has 0 spiro atoms. The zero-order chi connectivity index (χ0) is 14.1. The highest BCUT2D eigenvalue weighted by molar-refractivity contribution is 5.79. The summed E-state index contributed by atoms with van der Waals surface area (Å²) in [5, 5.41) is 6.67. The third kappa shape index (κ3) is 7.41. The van der Waals surface area contributed by atoms with E-state index in [2.05, 4.69) is 41.3 Å². The van der Waals surface area contributed by atoms with E-state index in [0.717, 1.165) is 18.4 Å². The molecule has 0 aromatic rings. The minimum atomic E-state index is 0.432. The fraction of sp³-hybridized carbons (Fsp3) is 0.933. The lowest BCUT2D eigenvalue weighted by atomic mass is 10.0. The predicted molar refractivity (Wildman–Crippen MR) is 83.7 cm³/mol.